The van der Waals surface area contributed by atoms with E-state index < -0.39 is 0 Å². The Hall–Kier alpha value is -1.25. The molecule has 0 aliphatic rings. The van der Waals surface area contributed by atoms with E-state index in [1.165, 1.54) is 23.1 Å². The Balaban J connectivity index is 1.61. The predicted octanol–water partition coefficient (Wildman–Crippen LogP) is 2.68. The van der Waals surface area contributed by atoms with Gasteiger partial charge in [-0.1, -0.05) is 53.1 Å². The van der Waals surface area contributed by atoms with E-state index in [1.807, 2.05) is 30.3 Å². The van der Waals surface area contributed by atoms with Crippen molar-refractivity contribution in [1.29, 1.82) is 0 Å². The molecule has 1 aromatic heterocycles. The van der Waals surface area contributed by atoms with Crippen LogP contribution in [0.1, 0.15) is 6.42 Å². The number of rotatable bonds is 9. The number of ether oxygens (including phenoxy) is 1. The first-order valence-corrected chi connectivity index (χ1v) is 9.08. The summed E-state index contributed by atoms with van der Waals surface area (Å²) < 4.78 is 7.29. The van der Waals surface area contributed by atoms with Crippen LogP contribution in [0.15, 0.2) is 39.0 Å². The Bertz CT molecular complexity index is 563. The molecule has 8 heteroatoms. The molecule has 2 aromatic rings. The van der Waals surface area contributed by atoms with E-state index in [-0.39, 0.29) is 11.7 Å². The monoisotopic (exact) mass is 341 g/mol. The van der Waals surface area contributed by atoms with Crippen molar-refractivity contribution >= 4 is 40.8 Å². The van der Waals surface area contributed by atoms with Gasteiger partial charge in [0.15, 0.2) is 8.68 Å². The SMILES string of the molecule is NC(=O)CSc1nnc(SCCCOc2ccccc2)s1. The maximum absolute atomic E-state index is 10.7. The van der Waals surface area contributed by atoms with Gasteiger partial charge in [-0.15, -0.1) is 10.2 Å². The van der Waals surface area contributed by atoms with Crippen molar-refractivity contribution in [3.05, 3.63) is 30.3 Å². The molecule has 21 heavy (non-hydrogen) atoms. The summed E-state index contributed by atoms with van der Waals surface area (Å²) in [6.07, 6.45) is 0.933. The molecule has 1 aromatic carbocycles. The third-order valence-corrected chi connectivity index (χ3v) is 5.55. The van der Waals surface area contributed by atoms with E-state index >= 15 is 0 Å². The minimum atomic E-state index is -0.345. The van der Waals surface area contributed by atoms with Gasteiger partial charge in [0, 0.05) is 5.75 Å². The third-order valence-electron chi connectivity index (χ3n) is 2.25. The van der Waals surface area contributed by atoms with Crippen LogP contribution in [0, 0.1) is 0 Å². The number of para-hydroxylation sites is 1. The normalized spacial score (nSPS) is 10.5. The molecule has 1 heterocycles. The number of hydrogen-bond acceptors (Lipinski definition) is 7. The molecular weight excluding hydrogens is 326 g/mol. The van der Waals surface area contributed by atoms with Crippen LogP contribution >= 0.6 is 34.9 Å². The highest BCUT2D eigenvalue weighted by Gasteiger charge is 2.06. The molecule has 0 fully saturated rings. The highest BCUT2D eigenvalue weighted by Crippen LogP contribution is 2.28. The smallest absolute Gasteiger partial charge is 0.227 e. The lowest BCUT2D eigenvalue weighted by Gasteiger charge is -2.04. The van der Waals surface area contributed by atoms with Crippen molar-refractivity contribution < 1.29 is 9.53 Å². The molecule has 0 spiro atoms. The topological polar surface area (TPSA) is 78.1 Å². The molecule has 112 valence electrons. The number of nitrogens with two attached hydrogens (primary N) is 1. The van der Waals surface area contributed by atoms with E-state index in [0.717, 1.165) is 26.6 Å². The fraction of sp³-hybridized carbons (Fsp3) is 0.308. The molecule has 0 saturated heterocycles. The van der Waals surface area contributed by atoms with Crippen LogP contribution in [0.25, 0.3) is 0 Å². The molecular formula is C13H15N3O2S3. The standard InChI is InChI=1S/C13H15N3O2S3/c14-11(17)9-20-13-16-15-12(21-13)19-8-4-7-18-10-5-2-1-3-6-10/h1-3,5-6H,4,7-9H2,(H2,14,17). The van der Waals surface area contributed by atoms with E-state index in [0.29, 0.717) is 6.61 Å². The molecule has 0 aliphatic heterocycles. The highest BCUT2D eigenvalue weighted by atomic mass is 32.2. The maximum Gasteiger partial charge on any atom is 0.227 e. The third kappa shape index (κ3) is 6.36. The van der Waals surface area contributed by atoms with Gasteiger partial charge >= 0.3 is 0 Å². The Morgan fingerprint density at radius 1 is 1.19 bits per heavy atom. The number of thioether (sulfide) groups is 2. The van der Waals surface area contributed by atoms with Crippen LogP contribution in [0.5, 0.6) is 5.75 Å². The molecule has 0 aliphatic carbocycles. The first kappa shape index (κ1) is 16.1. The van der Waals surface area contributed by atoms with Gasteiger partial charge in [-0.25, -0.2) is 0 Å². The van der Waals surface area contributed by atoms with Crippen molar-refractivity contribution in [3.8, 4) is 5.75 Å². The Morgan fingerprint density at radius 3 is 2.62 bits per heavy atom. The first-order valence-electron chi connectivity index (χ1n) is 6.29. The highest BCUT2D eigenvalue weighted by molar-refractivity contribution is 8.03. The average molecular weight is 341 g/mol. The van der Waals surface area contributed by atoms with E-state index in [9.17, 15) is 4.79 Å². The number of nitrogens with zero attached hydrogens (tertiary/aromatic N) is 2. The van der Waals surface area contributed by atoms with E-state index in [2.05, 4.69) is 10.2 Å². The second-order valence-electron chi connectivity index (χ2n) is 3.95. The molecule has 0 bridgehead atoms. The van der Waals surface area contributed by atoms with Gasteiger partial charge in [0.1, 0.15) is 5.75 Å². The second kappa shape index (κ2) is 8.91. The van der Waals surface area contributed by atoms with Crippen LogP contribution in [0.4, 0.5) is 0 Å². The molecule has 0 unspecified atom stereocenters. The predicted molar refractivity (Wildman–Crippen MR) is 87.1 cm³/mol. The second-order valence-corrected chi connectivity index (χ2v) is 7.49. The summed E-state index contributed by atoms with van der Waals surface area (Å²) >= 11 is 4.45. The van der Waals surface area contributed by atoms with Gasteiger partial charge in [-0.2, -0.15) is 0 Å². The quantitative estimate of drug-likeness (QED) is 0.558. The number of carbonyl (C=O) groups is 1. The van der Waals surface area contributed by atoms with Crippen molar-refractivity contribution in [2.75, 3.05) is 18.1 Å². The van der Waals surface area contributed by atoms with Crippen molar-refractivity contribution in [2.24, 2.45) is 5.73 Å². The fourth-order valence-electron chi connectivity index (χ4n) is 1.37. The largest absolute Gasteiger partial charge is 0.494 e. The van der Waals surface area contributed by atoms with Crippen molar-refractivity contribution in [2.45, 2.75) is 15.1 Å². The summed E-state index contributed by atoms with van der Waals surface area (Å²) in [5.74, 6) is 1.71. The van der Waals surface area contributed by atoms with Gasteiger partial charge in [0.25, 0.3) is 0 Å². The zero-order valence-electron chi connectivity index (χ0n) is 11.2. The van der Waals surface area contributed by atoms with Gasteiger partial charge in [0.2, 0.25) is 5.91 Å². The van der Waals surface area contributed by atoms with Gasteiger partial charge in [-0.3, -0.25) is 4.79 Å². The van der Waals surface area contributed by atoms with E-state index in [4.69, 9.17) is 10.5 Å². The Kier molecular flexibility index (Phi) is 6.84. The Morgan fingerprint density at radius 2 is 1.90 bits per heavy atom. The first-order chi connectivity index (χ1) is 10.2. The van der Waals surface area contributed by atoms with Crippen molar-refractivity contribution in [3.63, 3.8) is 0 Å². The number of carbonyl (C=O) groups excluding carboxylic acids is 1. The van der Waals surface area contributed by atoms with Gasteiger partial charge in [0.05, 0.1) is 12.4 Å². The number of amides is 1. The summed E-state index contributed by atoms with van der Waals surface area (Å²) in [6, 6.07) is 9.76. The van der Waals surface area contributed by atoms with E-state index in [1.54, 1.807) is 11.8 Å². The van der Waals surface area contributed by atoms with Crippen LogP contribution in [0.3, 0.4) is 0 Å². The summed E-state index contributed by atoms with van der Waals surface area (Å²) in [4.78, 5) is 10.7. The lowest BCUT2D eigenvalue weighted by molar-refractivity contribution is -0.115. The molecule has 1 amide bonds. The average Bonchev–Trinajstić information content (AvgIpc) is 2.94. The number of benzene rings is 1. The minimum Gasteiger partial charge on any atom is -0.494 e. The summed E-state index contributed by atoms with van der Waals surface area (Å²) in [7, 11) is 0. The Labute approximate surface area is 135 Å². The molecule has 2 N–H and O–H groups in total. The maximum atomic E-state index is 10.7. The molecule has 0 radical (unpaired) electrons. The van der Waals surface area contributed by atoms with Crippen LogP contribution < -0.4 is 10.5 Å². The fourth-order valence-corrected chi connectivity index (χ4v) is 4.11. The molecule has 5 nitrogen and oxygen atoms in total. The van der Waals surface area contributed by atoms with Crippen LogP contribution in [-0.4, -0.2) is 34.2 Å². The molecule has 2 rings (SSSR count). The zero-order chi connectivity index (χ0) is 14.9. The summed E-state index contributed by atoms with van der Waals surface area (Å²) in [5, 5.41) is 8.07. The summed E-state index contributed by atoms with van der Waals surface area (Å²) in [6.45, 7) is 0.680. The lowest BCUT2D eigenvalue weighted by Crippen LogP contribution is -2.12. The van der Waals surface area contributed by atoms with Gasteiger partial charge in [-0.05, 0) is 18.6 Å². The van der Waals surface area contributed by atoms with Crippen LogP contribution in [0.2, 0.25) is 0 Å². The molecule has 0 atom stereocenters. The number of hydrogen-bond donors (Lipinski definition) is 1. The van der Waals surface area contributed by atoms with Gasteiger partial charge < -0.3 is 10.5 Å². The number of primary amides is 1. The lowest BCUT2D eigenvalue weighted by atomic mass is 10.3. The zero-order valence-corrected chi connectivity index (χ0v) is 13.7. The molecule has 0 saturated carbocycles. The summed E-state index contributed by atoms with van der Waals surface area (Å²) in [5.41, 5.74) is 5.09. The van der Waals surface area contributed by atoms with Crippen molar-refractivity contribution in [1.82, 2.24) is 10.2 Å². The number of aromatic nitrogens is 2. The van der Waals surface area contributed by atoms with Crippen LogP contribution in [-0.2, 0) is 4.79 Å². The minimum absolute atomic E-state index is 0.240.